The van der Waals surface area contributed by atoms with Crippen molar-refractivity contribution in [1.29, 1.82) is 0 Å². The van der Waals surface area contributed by atoms with Gasteiger partial charge in [-0.25, -0.2) is 0 Å². The van der Waals surface area contributed by atoms with E-state index in [-0.39, 0.29) is 17.6 Å². The number of primary amides is 1. The van der Waals surface area contributed by atoms with Gasteiger partial charge in [-0.1, -0.05) is 0 Å². The lowest BCUT2D eigenvalue weighted by Gasteiger charge is -2.20. The van der Waals surface area contributed by atoms with Gasteiger partial charge in [0.05, 0.1) is 11.6 Å². The van der Waals surface area contributed by atoms with Crippen LogP contribution in [0.5, 0.6) is 0 Å². The first-order valence-electron chi connectivity index (χ1n) is 5.32. The number of rotatable bonds is 2. The molecule has 0 radical (unpaired) electrons. The fourth-order valence-electron chi connectivity index (χ4n) is 1.97. The minimum atomic E-state index is -0.645. The molecule has 0 spiro atoms. The van der Waals surface area contributed by atoms with Gasteiger partial charge in [0.2, 0.25) is 5.91 Å². The highest BCUT2D eigenvalue weighted by atomic mass is 16.2. The SMILES string of the molecule is CC1(C(N)=O)CCN(C(=O)c2cn[nH]c2N)C1. The number of hydrogen-bond acceptors (Lipinski definition) is 4. The summed E-state index contributed by atoms with van der Waals surface area (Å²) in [4.78, 5) is 24.9. The predicted molar refractivity (Wildman–Crippen MR) is 60.8 cm³/mol. The monoisotopic (exact) mass is 237 g/mol. The zero-order valence-electron chi connectivity index (χ0n) is 9.56. The third kappa shape index (κ3) is 1.83. The van der Waals surface area contributed by atoms with Crippen molar-refractivity contribution in [2.24, 2.45) is 11.1 Å². The molecule has 1 atom stereocenters. The quantitative estimate of drug-likeness (QED) is 0.632. The molecule has 1 unspecified atom stereocenters. The van der Waals surface area contributed by atoms with E-state index in [2.05, 4.69) is 10.2 Å². The van der Waals surface area contributed by atoms with Crippen molar-refractivity contribution < 1.29 is 9.59 Å². The second kappa shape index (κ2) is 3.76. The van der Waals surface area contributed by atoms with Crippen LogP contribution in [0, 0.1) is 5.41 Å². The first-order valence-corrected chi connectivity index (χ1v) is 5.32. The van der Waals surface area contributed by atoms with Gasteiger partial charge in [-0.15, -0.1) is 0 Å². The Bertz CT molecular complexity index is 469. The third-order valence-electron chi connectivity index (χ3n) is 3.25. The summed E-state index contributed by atoms with van der Waals surface area (Å²) in [5.41, 5.74) is 10.6. The molecule has 17 heavy (non-hydrogen) atoms. The number of anilines is 1. The maximum atomic E-state index is 12.1. The van der Waals surface area contributed by atoms with Crippen molar-refractivity contribution in [3.8, 4) is 0 Å². The van der Waals surface area contributed by atoms with E-state index < -0.39 is 5.41 Å². The van der Waals surface area contributed by atoms with Crippen LogP contribution in [-0.4, -0.2) is 40.0 Å². The van der Waals surface area contributed by atoms with Gasteiger partial charge in [0, 0.05) is 13.1 Å². The molecular formula is C10H15N5O2. The van der Waals surface area contributed by atoms with Gasteiger partial charge in [-0.05, 0) is 13.3 Å². The number of carbonyl (C=O) groups is 2. The molecule has 92 valence electrons. The second-order valence-electron chi connectivity index (χ2n) is 4.60. The number of nitrogens with one attached hydrogen (secondary N) is 1. The largest absolute Gasteiger partial charge is 0.383 e. The Morgan fingerprint density at radius 1 is 1.59 bits per heavy atom. The fourth-order valence-corrected chi connectivity index (χ4v) is 1.97. The van der Waals surface area contributed by atoms with Gasteiger partial charge in [-0.3, -0.25) is 14.7 Å². The number of amides is 2. The molecule has 1 aliphatic rings. The van der Waals surface area contributed by atoms with E-state index in [1.807, 2.05) is 0 Å². The molecule has 1 aliphatic heterocycles. The van der Waals surface area contributed by atoms with Crippen molar-refractivity contribution in [2.75, 3.05) is 18.8 Å². The molecule has 1 aromatic rings. The molecule has 0 aliphatic carbocycles. The van der Waals surface area contributed by atoms with E-state index in [9.17, 15) is 9.59 Å². The number of nitrogens with two attached hydrogens (primary N) is 2. The van der Waals surface area contributed by atoms with E-state index in [1.54, 1.807) is 11.8 Å². The Morgan fingerprint density at radius 3 is 2.76 bits per heavy atom. The second-order valence-corrected chi connectivity index (χ2v) is 4.60. The van der Waals surface area contributed by atoms with Crippen LogP contribution in [0.15, 0.2) is 6.20 Å². The highest BCUT2D eigenvalue weighted by molar-refractivity contribution is 5.98. The molecule has 1 saturated heterocycles. The molecule has 0 saturated carbocycles. The normalized spacial score (nSPS) is 23.9. The summed E-state index contributed by atoms with van der Waals surface area (Å²) in [6.45, 7) is 2.59. The zero-order valence-corrected chi connectivity index (χ0v) is 9.56. The van der Waals surface area contributed by atoms with Gasteiger partial charge in [-0.2, -0.15) is 5.10 Å². The minimum absolute atomic E-state index is 0.221. The van der Waals surface area contributed by atoms with Crippen LogP contribution in [-0.2, 0) is 4.79 Å². The molecule has 1 aromatic heterocycles. The molecular weight excluding hydrogens is 222 g/mol. The molecule has 7 nitrogen and oxygen atoms in total. The van der Waals surface area contributed by atoms with Crippen LogP contribution in [0.1, 0.15) is 23.7 Å². The number of aromatic amines is 1. The molecule has 7 heteroatoms. The fraction of sp³-hybridized carbons (Fsp3) is 0.500. The summed E-state index contributed by atoms with van der Waals surface area (Å²) in [7, 11) is 0. The smallest absolute Gasteiger partial charge is 0.259 e. The summed E-state index contributed by atoms with van der Waals surface area (Å²) in [5, 5.41) is 6.20. The standard InChI is InChI=1S/C10H15N5O2/c1-10(9(12)17)2-3-15(5-10)8(16)6-4-13-14-7(6)11/h4H,2-3,5H2,1H3,(H2,12,17)(H3,11,13,14). The number of hydrogen-bond donors (Lipinski definition) is 3. The number of aromatic nitrogens is 2. The number of nitrogen functional groups attached to an aromatic ring is 1. The Labute approximate surface area is 98.1 Å². The van der Waals surface area contributed by atoms with Crippen LogP contribution in [0.4, 0.5) is 5.82 Å². The van der Waals surface area contributed by atoms with E-state index in [4.69, 9.17) is 11.5 Å². The van der Waals surface area contributed by atoms with Gasteiger partial charge < -0.3 is 16.4 Å². The number of nitrogens with zero attached hydrogens (tertiary/aromatic N) is 2. The summed E-state index contributed by atoms with van der Waals surface area (Å²) in [5.74, 6) is -0.364. The predicted octanol–water partition coefficient (Wildman–Crippen LogP) is -0.671. The van der Waals surface area contributed by atoms with Crippen LogP contribution < -0.4 is 11.5 Å². The first kappa shape index (κ1) is 11.4. The molecule has 5 N–H and O–H groups in total. The molecule has 2 rings (SSSR count). The van der Waals surface area contributed by atoms with Crippen molar-refractivity contribution >= 4 is 17.6 Å². The van der Waals surface area contributed by atoms with Gasteiger partial charge in [0.15, 0.2) is 0 Å². The average molecular weight is 237 g/mol. The molecule has 1 fully saturated rings. The number of likely N-dealkylation sites (tertiary alicyclic amines) is 1. The third-order valence-corrected chi connectivity index (χ3v) is 3.25. The summed E-state index contributed by atoms with van der Waals surface area (Å²) >= 11 is 0. The van der Waals surface area contributed by atoms with E-state index in [0.29, 0.717) is 25.1 Å². The summed E-state index contributed by atoms with van der Waals surface area (Å²) in [6, 6.07) is 0. The highest BCUT2D eigenvalue weighted by Crippen LogP contribution is 2.30. The Kier molecular flexibility index (Phi) is 2.53. The molecule has 2 heterocycles. The number of H-pyrrole nitrogens is 1. The lowest BCUT2D eigenvalue weighted by molar-refractivity contribution is -0.126. The highest BCUT2D eigenvalue weighted by Gasteiger charge is 2.41. The lowest BCUT2D eigenvalue weighted by Crippen LogP contribution is -2.38. The van der Waals surface area contributed by atoms with Crippen molar-refractivity contribution in [3.05, 3.63) is 11.8 Å². The lowest BCUT2D eigenvalue weighted by atomic mass is 9.89. The van der Waals surface area contributed by atoms with Crippen LogP contribution in [0.25, 0.3) is 0 Å². The van der Waals surface area contributed by atoms with Crippen LogP contribution in [0.3, 0.4) is 0 Å². The van der Waals surface area contributed by atoms with Crippen molar-refractivity contribution in [3.63, 3.8) is 0 Å². The molecule has 2 amide bonds. The van der Waals surface area contributed by atoms with Gasteiger partial charge in [0.1, 0.15) is 11.4 Å². The summed E-state index contributed by atoms with van der Waals surface area (Å²) < 4.78 is 0. The zero-order chi connectivity index (χ0) is 12.6. The van der Waals surface area contributed by atoms with Crippen LogP contribution in [0.2, 0.25) is 0 Å². The maximum Gasteiger partial charge on any atom is 0.259 e. The summed E-state index contributed by atoms with van der Waals surface area (Å²) in [6.07, 6.45) is 1.96. The Balaban J connectivity index is 2.15. The minimum Gasteiger partial charge on any atom is -0.383 e. The van der Waals surface area contributed by atoms with Crippen molar-refractivity contribution in [1.82, 2.24) is 15.1 Å². The van der Waals surface area contributed by atoms with Gasteiger partial charge in [0.25, 0.3) is 5.91 Å². The Morgan fingerprint density at radius 2 is 2.29 bits per heavy atom. The average Bonchev–Trinajstić information content (AvgIpc) is 2.85. The van der Waals surface area contributed by atoms with Crippen molar-refractivity contribution in [2.45, 2.75) is 13.3 Å². The topological polar surface area (TPSA) is 118 Å². The number of carbonyl (C=O) groups excluding carboxylic acids is 2. The first-order chi connectivity index (χ1) is 7.94. The van der Waals surface area contributed by atoms with E-state index >= 15 is 0 Å². The van der Waals surface area contributed by atoms with E-state index in [0.717, 1.165) is 0 Å². The Hall–Kier alpha value is -2.05. The molecule has 0 aromatic carbocycles. The van der Waals surface area contributed by atoms with Crippen LogP contribution >= 0.6 is 0 Å². The molecule has 0 bridgehead atoms. The maximum absolute atomic E-state index is 12.1. The van der Waals surface area contributed by atoms with E-state index in [1.165, 1.54) is 6.20 Å². The van der Waals surface area contributed by atoms with Gasteiger partial charge >= 0.3 is 0 Å².